The van der Waals surface area contributed by atoms with Gasteiger partial charge in [-0.25, -0.2) is 0 Å². The zero-order chi connectivity index (χ0) is 11.9. The van der Waals surface area contributed by atoms with Crippen LogP contribution in [0.2, 0.25) is 0 Å². The molecule has 0 bridgehead atoms. The van der Waals surface area contributed by atoms with E-state index in [1.165, 1.54) is 44.3 Å². The van der Waals surface area contributed by atoms with E-state index in [-0.39, 0.29) is 0 Å². The first-order chi connectivity index (χ1) is 8.40. The molecule has 2 fully saturated rings. The fraction of sp³-hybridized carbons (Fsp3) is 1.00. The third-order valence-corrected chi connectivity index (χ3v) is 5.54. The van der Waals surface area contributed by atoms with Gasteiger partial charge >= 0.3 is 0 Å². The third kappa shape index (κ3) is 4.46. The van der Waals surface area contributed by atoms with Gasteiger partial charge in [0.25, 0.3) is 0 Å². The molecule has 0 radical (unpaired) electrons. The Morgan fingerprint density at radius 1 is 1.24 bits per heavy atom. The van der Waals surface area contributed by atoms with Crippen LogP contribution < -0.4 is 5.32 Å². The summed E-state index contributed by atoms with van der Waals surface area (Å²) in [5.74, 6) is 2.03. The first kappa shape index (κ1) is 13.7. The number of hydrogen-bond donors (Lipinski definition) is 1. The topological polar surface area (TPSA) is 21.3 Å². The van der Waals surface area contributed by atoms with Crippen molar-refractivity contribution >= 4 is 11.8 Å². The molecule has 1 saturated heterocycles. The van der Waals surface area contributed by atoms with Gasteiger partial charge in [-0.2, -0.15) is 11.8 Å². The summed E-state index contributed by atoms with van der Waals surface area (Å²) in [5, 5.41) is 4.62. The van der Waals surface area contributed by atoms with Crippen LogP contribution in [0, 0.1) is 5.92 Å². The number of rotatable bonds is 6. The van der Waals surface area contributed by atoms with Gasteiger partial charge in [0.15, 0.2) is 0 Å². The zero-order valence-corrected chi connectivity index (χ0v) is 11.9. The van der Waals surface area contributed by atoms with E-state index in [4.69, 9.17) is 4.74 Å². The van der Waals surface area contributed by atoms with Crippen LogP contribution in [0.5, 0.6) is 0 Å². The smallest absolute Gasteiger partial charge is 0.0509 e. The summed E-state index contributed by atoms with van der Waals surface area (Å²) >= 11 is 2.21. The van der Waals surface area contributed by atoms with Gasteiger partial charge in [0.2, 0.25) is 0 Å². The number of ether oxygens (including phenoxy) is 1. The highest BCUT2D eigenvalue weighted by molar-refractivity contribution is 7.99. The Balaban J connectivity index is 1.74. The van der Waals surface area contributed by atoms with Gasteiger partial charge in [-0.15, -0.1) is 0 Å². The lowest BCUT2D eigenvalue weighted by Gasteiger charge is -2.31. The molecule has 1 heterocycles. The average molecular weight is 257 g/mol. The predicted octanol–water partition coefficient (Wildman–Crippen LogP) is 3.07. The van der Waals surface area contributed by atoms with E-state index in [1.807, 2.05) is 0 Å². The average Bonchev–Trinajstić information content (AvgIpc) is 2.88. The van der Waals surface area contributed by atoms with Crippen LogP contribution in [0.4, 0.5) is 0 Å². The molecule has 2 unspecified atom stereocenters. The first-order valence-electron chi connectivity index (χ1n) is 7.33. The lowest BCUT2D eigenvalue weighted by Crippen LogP contribution is -2.42. The van der Waals surface area contributed by atoms with Gasteiger partial charge < -0.3 is 10.1 Å². The van der Waals surface area contributed by atoms with Crippen LogP contribution >= 0.6 is 11.8 Å². The summed E-state index contributed by atoms with van der Waals surface area (Å²) in [6.45, 7) is 5.26. The third-order valence-electron chi connectivity index (χ3n) is 4.04. The summed E-state index contributed by atoms with van der Waals surface area (Å²) in [6, 6.07) is 0.672. The lowest BCUT2D eigenvalue weighted by molar-refractivity contribution is 0.0429. The Morgan fingerprint density at radius 3 is 2.71 bits per heavy atom. The zero-order valence-electron chi connectivity index (χ0n) is 11.1. The monoisotopic (exact) mass is 257 g/mol. The summed E-state index contributed by atoms with van der Waals surface area (Å²) in [4.78, 5) is 0. The molecule has 0 aromatic rings. The van der Waals surface area contributed by atoms with Crippen molar-refractivity contribution in [3.63, 3.8) is 0 Å². The van der Waals surface area contributed by atoms with Crippen molar-refractivity contribution in [2.24, 2.45) is 5.92 Å². The quantitative estimate of drug-likeness (QED) is 0.790. The minimum atomic E-state index is 0.672. The second-order valence-corrected chi connectivity index (χ2v) is 6.71. The van der Waals surface area contributed by atoms with Crippen LogP contribution in [-0.4, -0.2) is 36.8 Å². The molecule has 100 valence electrons. The highest BCUT2D eigenvalue weighted by atomic mass is 32.2. The standard InChI is InChI=1S/C14H27NOS/c1-2-15-14(12-6-5-9-16-10-12)11-17-13-7-3-4-8-13/h12-15H,2-11H2,1H3. The van der Waals surface area contributed by atoms with E-state index in [2.05, 4.69) is 24.0 Å². The van der Waals surface area contributed by atoms with Crippen molar-refractivity contribution < 1.29 is 4.74 Å². The van der Waals surface area contributed by atoms with Crippen LogP contribution in [0.3, 0.4) is 0 Å². The van der Waals surface area contributed by atoms with Crippen LogP contribution in [0.25, 0.3) is 0 Å². The molecule has 17 heavy (non-hydrogen) atoms. The predicted molar refractivity (Wildman–Crippen MR) is 75.7 cm³/mol. The highest BCUT2D eigenvalue weighted by Crippen LogP contribution is 2.31. The van der Waals surface area contributed by atoms with Gasteiger partial charge in [0.1, 0.15) is 0 Å². The second-order valence-electron chi connectivity index (χ2n) is 5.38. The Morgan fingerprint density at radius 2 is 2.06 bits per heavy atom. The molecule has 3 heteroatoms. The summed E-state index contributed by atoms with van der Waals surface area (Å²) in [6.07, 6.45) is 8.41. The van der Waals surface area contributed by atoms with Crippen molar-refractivity contribution in [1.82, 2.24) is 5.32 Å². The molecule has 0 aromatic heterocycles. The van der Waals surface area contributed by atoms with Crippen molar-refractivity contribution in [3.05, 3.63) is 0 Å². The van der Waals surface area contributed by atoms with Crippen molar-refractivity contribution in [1.29, 1.82) is 0 Å². The molecular weight excluding hydrogens is 230 g/mol. The van der Waals surface area contributed by atoms with E-state index in [0.29, 0.717) is 6.04 Å². The Bertz CT molecular complexity index is 200. The molecule has 2 rings (SSSR count). The Hall–Kier alpha value is 0.270. The largest absolute Gasteiger partial charge is 0.381 e. The van der Waals surface area contributed by atoms with E-state index >= 15 is 0 Å². The molecule has 1 N–H and O–H groups in total. The van der Waals surface area contributed by atoms with E-state index in [0.717, 1.165) is 30.9 Å². The summed E-state index contributed by atoms with van der Waals surface area (Å²) in [7, 11) is 0. The number of hydrogen-bond acceptors (Lipinski definition) is 3. The van der Waals surface area contributed by atoms with E-state index in [9.17, 15) is 0 Å². The van der Waals surface area contributed by atoms with Crippen LogP contribution in [0.15, 0.2) is 0 Å². The maximum absolute atomic E-state index is 5.63. The molecule has 0 spiro atoms. The fourth-order valence-electron chi connectivity index (χ4n) is 3.00. The molecular formula is C14H27NOS. The highest BCUT2D eigenvalue weighted by Gasteiger charge is 2.25. The van der Waals surface area contributed by atoms with Gasteiger partial charge in [0, 0.05) is 23.7 Å². The molecule has 2 nitrogen and oxygen atoms in total. The molecule has 0 amide bonds. The maximum Gasteiger partial charge on any atom is 0.0509 e. The molecule has 1 aliphatic carbocycles. The Labute approximate surface area is 110 Å². The van der Waals surface area contributed by atoms with Crippen LogP contribution in [-0.2, 0) is 4.74 Å². The maximum atomic E-state index is 5.63. The summed E-state index contributed by atoms with van der Waals surface area (Å²) < 4.78 is 5.63. The van der Waals surface area contributed by atoms with E-state index < -0.39 is 0 Å². The second kappa shape index (κ2) is 7.65. The summed E-state index contributed by atoms with van der Waals surface area (Å²) in [5.41, 5.74) is 0. The van der Waals surface area contributed by atoms with Crippen molar-refractivity contribution in [2.45, 2.75) is 56.7 Å². The van der Waals surface area contributed by atoms with Gasteiger partial charge in [0.05, 0.1) is 6.61 Å². The number of thioether (sulfide) groups is 1. The SMILES string of the molecule is CCNC(CSC1CCCC1)C1CCCOC1. The molecule has 1 aliphatic heterocycles. The fourth-order valence-corrected chi connectivity index (χ4v) is 4.54. The Kier molecular flexibility index (Phi) is 6.16. The lowest BCUT2D eigenvalue weighted by atomic mass is 9.95. The van der Waals surface area contributed by atoms with Gasteiger partial charge in [-0.05, 0) is 38.1 Å². The minimum Gasteiger partial charge on any atom is -0.381 e. The number of nitrogens with one attached hydrogen (secondary N) is 1. The molecule has 0 aromatic carbocycles. The van der Waals surface area contributed by atoms with Crippen molar-refractivity contribution in [2.75, 3.05) is 25.5 Å². The molecule has 1 saturated carbocycles. The molecule has 2 atom stereocenters. The normalized spacial score (nSPS) is 28.4. The van der Waals surface area contributed by atoms with Gasteiger partial charge in [-0.1, -0.05) is 19.8 Å². The minimum absolute atomic E-state index is 0.672. The van der Waals surface area contributed by atoms with Crippen LogP contribution in [0.1, 0.15) is 45.4 Å². The first-order valence-corrected chi connectivity index (χ1v) is 8.37. The van der Waals surface area contributed by atoms with Gasteiger partial charge in [-0.3, -0.25) is 0 Å². The molecule has 2 aliphatic rings. The van der Waals surface area contributed by atoms with E-state index in [1.54, 1.807) is 0 Å². The van der Waals surface area contributed by atoms with Crippen molar-refractivity contribution in [3.8, 4) is 0 Å².